The van der Waals surface area contributed by atoms with Gasteiger partial charge in [0.2, 0.25) is 0 Å². The molecule has 118 valence electrons. The molecule has 2 aliphatic rings. The van der Waals surface area contributed by atoms with Gasteiger partial charge in [-0.15, -0.1) is 6.58 Å². The Hall–Kier alpha value is -1.92. The van der Waals surface area contributed by atoms with Crippen LogP contribution in [0.5, 0.6) is 0 Å². The summed E-state index contributed by atoms with van der Waals surface area (Å²) in [4.78, 5) is 18.6. The van der Waals surface area contributed by atoms with Gasteiger partial charge < -0.3 is 19.7 Å². The third-order valence-corrected chi connectivity index (χ3v) is 4.06. The first kappa shape index (κ1) is 15.0. The zero-order valence-electron chi connectivity index (χ0n) is 12.6. The van der Waals surface area contributed by atoms with Crippen LogP contribution in [0.3, 0.4) is 0 Å². The molecule has 22 heavy (non-hydrogen) atoms. The van der Waals surface area contributed by atoms with E-state index in [4.69, 9.17) is 9.47 Å². The average Bonchev–Trinajstić information content (AvgIpc) is 3.01. The fourth-order valence-electron chi connectivity index (χ4n) is 2.85. The Bertz CT molecular complexity index is 545. The highest BCUT2D eigenvalue weighted by Crippen LogP contribution is 2.31. The van der Waals surface area contributed by atoms with Gasteiger partial charge in [-0.3, -0.25) is 9.78 Å². The number of aromatic nitrogens is 1. The first-order chi connectivity index (χ1) is 10.7. The van der Waals surface area contributed by atoms with E-state index in [-0.39, 0.29) is 5.91 Å². The Balaban J connectivity index is 1.63. The predicted molar refractivity (Wildman–Crippen MR) is 82.7 cm³/mol. The van der Waals surface area contributed by atoms with Gasteiger partial charge in [-0.2, -0.15) is 0 Å². The Kier molecular flexibility index (Phi) is 4.40. The van der Waals surface area contributed by atoms with Crippen molar-refractivity contribution < 1.29 is 14.3 Å². The van der Waals surface area contributed by atoms with Crippen LogP contribution in [0.15, 0.2) is 31.0 Å². The van der Waals surface area contributed by atoms with Crippen LogP contribution in [0.1, 0.15) is 23.3 Å². The molecule has 0 saturated carbocycles. The zero-order valence-corrected chi connectivity index (χ0v) is 12.6. The molecule has 0 aliphatic carbocycles. The summed E-state index contributed by atoms with van der Waals surface area (Å²) in [5.41, 5.74) is 1.33. The second-order valence-corrected chi connectivity index (χ2v) is 5.50. The third-order valence-electron chi connectivity index (χ3n) is 4.06. The molecular formula is C16H21N3O3. The second-order valence-electron chi connectivity index (χ2n) is 5.50. The summed E-state index contributed by atoms with van der Waals surface area (Å²) in [6.45, 7) is 6.87. The van der Waals surface area contributed by atoms with Crippen LogP contribution in [0.25, 0.3) is 0 Å². The highest BCUT2D eigenvalue weighted by atomic mass is 16.7. The number of rotatable bonds is 4. The average molecular weight is 303 g/mol. The molecule has 3 heterocycles. The molecule has 6 heteroatoms. The summed E-state index contributed by atoms with van der Waals surface area (Å²) in [7, 11) is 0. The van der Waals surface area contributed by atoms with Crippen molar-refractivity contribution in [2.75, 3.05) is 38.2 Å². The number of anilines is 1. The molecule has 0 radical (unpaired) electrons. The summed E-state index contributed by atoms with van der Waals surface area (Å²) in [6.07, 6.45) is 4.85. The molecule has 3 rings (SSSR count). The van der Waals surface area contributed by atoms with E-state index < -0.39 is 5.79 Å². The summed E-state index contributed by atoms with van der Waals surface area (Å²) in [6, 6.07) is 3.62. The van der Waals surface area contributed by atoms with E-state index >= 15 is 0 Å². The molecule has 1 N–H and O–H groups in total. The molecule has 1 aromatic heterocycles. The van der Waals surface area contributed by atoms with Gasteiger partial charge in [0, 0.05) is 44.4 Å². The van der Waals surface area contributed by atoms with E-state index in [9.17, 15) is 4.79 Å². The van der Waals surface area contributed by atoms with Gasteiger partial charge in [-0.1, -0.05) is 6.08 Å². The molecule has 2 fully saturated rings. The standard InChI is InChI=1S/C16H21N3O3/c1-2-6-17-13-3-7-18-14(12-13)15(20)19-8-4-16(5-9-19)21-10-11-22-16/h2-3,7,12H,1,4-6,8-11H2,(H,17,18). The summed E-state index contributed by atoms with van der Waals surface area (Å²) >= 11 is 0. The summed E-state index contributed by atoms with van der Waals surface area (Å²) in [5, 5.41) is 3.16. The Morgan fingerprint density at radius 2 is 2.14 bits per heavy atom. The van der Waals surface area contributed by atoms with Crippen molar-refractivity contribution in [1.29, 1.82) is 0 Å². The molecule has 1 aromatic rings. The summed E-state index contributed by atoms with van der Waals surface area (Å²) < 4.78 is 11.4. The quantitative estimate of drug-likeness (QED) is 0.857. The number of hydrogen-bond acceptors (Lipinski definition) is 5. The van der Waals surface area contributed by atoms with Gasteiger partial charge in [-0.05, 0) is 12.1 Å². The second kappa shape index (κ2) is 6.46. The topological polar surface area (TPSA) is 63.7 Å². The first-order valence-electron chi connectivity index (χ1n) is 7.60. The fraction of sp³-hybridized carbons (Fsp3) is 0.500. The van der Waals surface area contributed by atoms with Gasteiger partial charge in [0.1, 0.15) is 5.69 Å². The number of pyridine rings is 1. The van der Waals surface area contributed by atoms with Crippen LogP contribution in [-0.4, -0.2) is 54.4 Å². The number of nitrogens with one attached hydrogen (secondary N) is 1. The molecule has 0 bridgehead atoms. The van der Waals surface area contributed by atoms with Crippen molar-refractivity contribution >= 4 is 11.6 Å². The van der Waals surface area contributed by atoms with Crippen LogP contribution < -0.4 is 5.32 Å². The van der Waals surface area contributed by atoms with Crippen molar-refractivity contribution in [3.63, 3.8) is 0 Å². The lowest BCUT2D eigenvalue weighted by atomic mass is 10.0. The molecule has 1 amide bonds. The van der Waals surface area contributed by atoms with Gasteiger partial charge in [-0.25, -0.2) is 0 Å². The van der Waals surface area contributed by atoms with E-state index in [0.29, 0.717) is 51.4 Å². The van der Waals surface area contributed by atoms with Crippen molar-refractivity contribution in [2.45, 2.75) is 18.6 Å². The number of carbonyl (C=O) groups excluding carboxylic acids is 1. The SMILES string of the molecule is C=CCNc1ccnc(C(=O)N2CCC3(CC2)OCCO3)c1. The maximum absolute atomic E-state index is 12.6. The third kappa shape index (κ3) is 3.13. The van der Waals surface area contributed by atoms with Crippen molar-refractivity contribution in [3.8, 4) is 0 Å². The molecule has 2 aliphatic heterocycles. The van der Waals surface area contributed by atoms with Crippen LogP contribution in [0.4, 0.5) is 5.69 Å². The maximum atomic E-state index is 12.6. The molecule has 1 spiro atoms. The van der Waals surface area contributed by atoms with Gasteiger partial charge >= 0.3 is 0 Å². The minimum atomic E-state index is -0.461. The normalized spacial score (nSPS) is 20.1. The van der Waals surface area contributed by atoms with Gasteiger partial charge in [0.05, 0.1) is 13.2 Å². The fourth-order valence-corrected chi connectivity index (χ4v) is 2.85. The zero-order chi connectivity index (χ0) is 15.4. The lowest BCUT2D eigenvalue weighted by Crippen LogP contribution is -2.47. The van der Waals surface area contributed by atoms with Gasteiger partial charge in [0.25, 0.3) is 5.91 Å². The first-order valence-corrected chi connectivity index (χ1v) is 7.60. The number of piperidine rings is 1. The van der Waals surface area contributed by atoms with Crippen LogP contribution in [-0.2, 0) is 9.47 Å². The van der Waals surface area contributed by atoms with E-state index in [1.807, 2.05) is 11.0 Å². The lowest BCUT2D eigenvalue weighted by Gasteiger charge is -2.37. The minimum absolute atomic E-state index is 0.0462. The number of hydrogen-bond donors (Lipinski definition) is 1. The number of amides is 1. The van der Waals surface area contributed by atoms with E-state index in [1.165, 1.54) is 0 Å². The smallest absolute Gasteiger partial charge is 0.272 e. The predicted octanol–water partition coefficient (Wildman–Crippen LogP) is 1.66. The minimum Gasteiger partial charge on any atom is -0.381 e. The number of likely N-dealkylation sites (tertiary alicyclic amines) is 1. The maximum Gasteiger partial charge on any atom is 0.272 e. The van der Waals surface area contributed by atoms with E-state index in [0.717, 1.165) is 5.69 Å². The van der Waals surface area contributed by atoms with Crippen molar-refractivity contribution in [1.82, 2.24) is 9.88 Å². The Morgan fingerprint density at radius 1 is 1.41 bits per heavy atom. The Labute approximate surface area is 130 Å². The van der Waals surface area contributed by atoms with Crippen LogP contribution >= 0.6 is 0 Å². The monoisotopic (exact) mass is 303 g/mol. The largest absolute Gasteiger partial charge is 0.381 e. The summed E-state index contributed by atoms with van der Waals surface area (Å²) in [5.74, 6) is -0.507. The highest BCUT2D eigenvalue weighted by molar-refractivity contribution is 5.93. The van der Waals surface area contributed by atoms with Crippen molar-refractivity contribution in [3.05, 3.63) is 36.7 Å². The molecule has 6 nitrogen and oxygen atoms in total. The van der Waals surface area contributed by atoms with Gasteiger partial charge in [0.15, 0.2) is 5.79 Å². The molecule has 2 saturated heterocycles. The highest BCUT2D eigenvalue weighted by Gasteiger charge is 2.41. The number of ether oxygens (including phenoxy) is 2. The lowest BCUT2D eigenvalue weighted by molar-refractivity contribution is -0.181. The van der Waals surface area contributed by atoms with Crippen LogP contribution in [0.2, 0.25) is 0 Å². The number of nitrogens with zero attached hydrogens (tertiary/aromatic N) is 2. The van der Waals surface area contributed by atoms with Crippen LogP contribution in [0, 0.1) is 0 Å². The Morgan fingerprint density at radius 3 is 2.82 bits per heavy atom. The molecule has 0 aromatic carbocycles. The molecular weight excluding hydrogens is 282 g/mol. The molecule has 0 atom stereocenters. The molecule has 0 unspecified atom stereocenters. The van der Waals surface area contributed by atoms with E-state index in [2.05, 4.69) is 16.9 Å². The van der Waals surface area contributed by atoms with E-state index in [1.54, 1.807) is 18.3 Å². The van der Waals surface area contributed by atoms with Crippen molar-refractivity contribution in [2.24, 2.45) is 0 Å². The number of carbonyl (C=O) groups is 1.